The third-order valence-corrected chi connectivity index (χ3v) is 5.89. The second-order valence-electron chi connectivity index (χ2n) is 8.54. The van der Waals surface area contributed by atoms with Gasteiger partial charge in [0.25, 0.3) is 0 Å². The SMILES string of the molecule is C=C1CCCC(C)(C)[C@H]1CC[C@]1(C)C=Cc2c(O)cc(C)cc2O1. The van der Waals surface area contributed by atoms with Crippen molar-refractivity contribution in [2.75, 3.05) is 0 Å². The highest BCUT2D eigenvalue weighted by Gasteiger charge is 2.37. The Morgan fingerprint density at radius 1 is 1.29 bits per heavy atom. The van der Waals surface area contributed by atoms with E-state index in [9.17, 15) is 5.11 Å². The maximum absolute atomic E-state index is 10.1. The summed E-state index contributed by atoms with van der Waals surface area (Å²) in [6.07, 6.45) is 9.88. The van der Waals surface area contributed by atoms with Crippen LogP contribution in [0.2, 0.25) is 0 Å². The summed E-state index contributed by atoms with van der Waals surface area (Å²) in [5.74, 6) is 1.65. The topological polar surface area (TPSA) is 29.5 Å². The molecule has 1 aliphatic carbocycles. The van der Waals surface area contributed by atoms with Crippen LogP contribution in [0.25, 0.3) is 6.08 Å². The first kappa shape index (κ1) is 17.1. The predicted octanol–water partition coefficient (Wildman–Crippen LogP) is 6.03. The summed E-state index contributed by atoms with van der Waals surface area (Å²) in [5.41, 5.74) is 3.23. The van der Waals surface area contributed by atoms with Crippen LogP contribution in [0, 0.1) is 18.3 Å². The van der Waals surface area contributed by atoms with E-state index in [1.165, 1.54) is 18.4 Å². The molecule has 2 nitrogen and oxygen atoms in total. The molecule has 1 fully saturated rings. The molecule has 0 bridgehead atoms. The summed E-state index contributed by atoms with van der Waals surface area (Å²) in [4.78, 5) is 0. The zero-order chi connectivity index (χ0) is 17.5. The van der Waals surface area contributed by atoms with Crippen molar-refractivity contribution < 1.29 is 9.84 Å². The van der Waals surface area contributed by atoms with E-state index < -0.39 is 0 Å². The molecule has 0 unspecified atom stereocenters. The van der Waals surface area contributed by atoms with E-state index in [1.807, 2.05) is 19.1 Å². The number of allylic oxidation sites excluding steroid dienone is 1. The Kier molecular flexibility index (Phi) is 4.27. The smallest absolute Gasteiger partial charge is 0.131 e. The van der Waals surface area contributed by atoms with E-state index in [0.717, 1.165) is 36.1 Å². The Morgan fingerprint density at radius 3 is 2.75 bits per heavy atom. The Hall–Kier alpha value is -1.70. The highest BCUT2D eigenvalue weighted by atomic mass is 16.5. The molecule has 0 radical (unpaired) electrons. The lowest BCUT2D eigenvalue weighted by atomic mass is 9.64. The van der Waals surface area contributed by atoms with E-state index >= 15 is 0 Å². The number of hydrogen-bond acceptors (Lipinski definition) is 2. The Labute approximate surface area is 146 Å². The molecule has 1 saturated carbocycles. The van der Waals surface area contributed by atoms with Crippen molar-refractivity contribution in [2.24, 2.45) is 11.3 Å². The van der Waals surface area contributed by atoms with Gasteiger partial charge >= 0.3 is 0 Å². The molecule has 130 valence electrons. The number of aromatic hydroxyl groups is 1. The van der Waals surface area contributed by atoms with Crippen LogP contribution < -0.4 is 4.74 Å². The third kappa shape index (κ3) is 3.24. The summed E-state index contributed by atoms with van der Waals surface area (Å²) < 4.78 is 6.30. The highest BCUT2D eigenvalue weighted by molar-refractivity contribution is 5.67. The minimum Gasteiger partial charge on any atom is -0.507 e. The van der Waals surface area contributed by atoms with Crippen LogP contribution in [0.15, 0.2) is 30.4 Å². The lowest BCUT2D eigenvalue weighted by Gasteiger charge is -2.42. The maximum atomic E-state index is 10.1. The Balaban J connectivity index is 1.75. The van der Waals surface area contributed by atoms with Crippen molar-refractivity contribution >= 4 is 6.08 Å². The van der Waals surface area contributed by atoms with Crippen LogP contribution in [-0.4, -0.2) is 10.7 Å². The number of phenols is 1. The number of fused-ring (bicyclic) bond motifs is 1. The molecular weight excluding hydrogens is 296 g/mol. The predicted molar refractivity (Wildman–Crippen MR) is 100 cm³/mol. The minimum atomic E-state index is -0.318. The monoisotopic (exact) mass is 326 g/mol. The fraction of sp³-hybridized carbons (Fsp3) is 0.545. The van der Waals surface area contributed by atoms with Crippen LogP contribution in [0.5, 0.6) is 11.5 Å². The fourth-order valence-electron chi connectivity index (χ4n) is 4.37. The average molecular weight is 326 g/mol. The standard InChI is InChI=1S/C22H30O2/c1-15-13-19(23)17-8-11-22(5,24-20(17)14-15)12-9-18-16(2)7-6-10-21(18,3)4/h8,11,13-14,18,23H,2,6-7,9-10,12H2,1,3-5H3/t18-,22-/m0/s1. The lowest BCUT2D eigenvalue weighted by Crippen LogP contribution is -2.36. The second-order valence-corrected chi connectivity index (χ2v) is 8.54. The first-order valence-corrected chi connectivity index (χ1v) is 9.10. The van der Waals surface area contributed by atoms with Gasteiger partial charge in [0.1, 0.15) is 17.1 Å². The lowest BCUT2D eigenvalue weighted by molar-refractivity contribution is 0.0986. The molecule has 1 aromatic carbocycles. The molecular formula is C22H30O2. The molecule has 24 heavy (non-hydrogen) atoms. The van der Waals surface area contributed by atoms with Gasteiger partial charge in [-0.05, 0) is 87.1 Å². The van der Waals surface area contributed by atoms with E-state index in [2.05, 4.69) is 33.4 Å². The van der Waals surface area contributed by atoms with E-state index in [0.29, 0.717) is 17.1 Å². The van der Waals surface area contributed by atoms with Crippen molar-refractivity contribution in [1.82, 2.24) is 0 Å². The van der Waals surface area contributed by atoms with E-state index in [-0.39, 0.29) is 5.60 Å². The van der Waals surface area contributed by atoms with Crippen molar-refractivity contribution in [2.45, 2.75) is 65.4 Å². The molecule has 0 aromatic heterocycles. The quantitative estimate of drug-likeness (QED) is 0.687. The summed E-state index contributed by atoms with van der Waals surface area (Å²) in [6, 6.07) is 3.80. The zero-order valence-electron chi connectivity index (χ0n) is 15.5. The van der Waals surface area contributed by atoms with Gasteiger partial charge in [0.2, 0.25) is 0 Å². The van der Waals surface area contributed by atoms with Crippen LogP contribution in [0.3, 0.4) is 0 Å². The Morgan fingerprint density at radius 2 is 2.04 bits per heavy atom. The molecule has 3 rings (SSSR count). The Bertz CT molecular complexity index is 683. The molecule has 1 N–H and O–H groups in total. The largest absolute Gasteiger partial charge is 0.507 e. The van der Waals surface area contributed by atoms with Gasteiger partial charge in [0.15, 0.2) is 0 Å². The number of ether oxygens (including phenoxy) is 1. The number of aryl methyl sites for hydroxylation is 1. The van der Waals surface area contributed by atoms with Gasteiger partial charge in [-0.25, -0.2) is 0 Å². The summed E-state index contributed by atoms with van der Waals surface area (Å²) in [5, 5.41) is 10.1. The maximum Gasteiger partial charge on any atom is 0.131 e. The molecule has 0 saturated heterocycles. The zero-order valence-corrected chi connectivity index (χ0v) is 15.5. The summed E-state index contributed by atoms with van der Waals surface area (Å²) >= 11 is 0. The molecule has 2 heteroatoms. The first-order chi connectivity index (χ1) is 11.2. The molecule has 1 aliphatic heterocycles. The molecule has 2 aliphatic rings. The molecule has 0 spiro atoms. The van der Waals surface area contributed by atoms with Crippen LogP contribution in [0.1, 0.15) is 64.0 Å². The van der Waals surface area contributed by atoms with Crippen molar-refractivity contribution in [3.63, 3.8) is 0 Å². The summed E-state index contributed by atoms with van der Waals surface area (Å²) in [7, 11) is 0. The molecule has 2 atom stereocenters. The van der Waals surface area contributed by atoms with E-state index in [4.69, 9.17) is 4.74 Å². The molecule has 0 amide bonds. The van der Waals surface area contributed by atoms with Gasteiger partial charge in [-0.1, -0.05) is 26.0 Å². The van der Waals surface area contributed by atoms with Crippen molar-refractivity contribution in [1.29, 1.82) is 0 Å². The molecule has 1 heterocycles. The van der Waals surface area contributed by atoms with Crippen LogP contribution in [0.4, 0.5) is 0 Å². The number of benzene rings is 1. The third-order valence-electron chi connectivity index (χ3n) is 5.89. The normalized spacial score (nSPS) is 28.3. The van der Waals surface area contributed by atoms with Gasteiger partial charge in [-0.2, -0.15) is 0 Å². The van der Waals surface area contributed by atoms with Crippen LogP contribution in [-0.2, 0) is 0 Å². The highest BCUT2D eigenvalue weighted by Crippen LogP contribution is 2.47. The first-order valence-electron chi connectivity index (χ1n) is 9.10. The molecule has 1 aromatic rings. The van der Waals surface area contributed by atoms with Crippen molar-refractivity contribution in [3.05, 3.63) is 41.5 Å². The van der Waals surface area contributed by atoms with Gasteiger partial charge in [-0.3, -0.25) is 0 Å². The average Bonchev–Trinajstić information content (AvgIpc) is 2.45. The van der Waals surface area contributed by atoms with Crippen molar-refractivity contribution in [3.8, 4) is 11.5 Å². The minimum absolute atomic E-state index is 0.296. The second kappa shape index (κ2) is 5.98. The van der Waals surface area contributed by atoms with Crippen LogP contribution >= 0.6 is 0 Å². The number of rotatable bonds is 3. The number of hydrogen-bond donors (Lipinski definition) is 1. The summed E-state index contributed by atoms with van der Waals surface area (Å²) in [6.45, 7) is 13.2. The van der Waals surface area contributed by atoms with Gasteiger partial charge < -0.3 is 9.84 Å². The van der Waals surface area contributed by atoms with E-state index in [1.54, 1.807) is 6.07 Å². The number of phenolic OH excluding ortho intramolecular Hbond substituents is 1. The van der Waals surface area contributed by atoms with Gasteiger partial charge in [0.05, 0.1) is 5.56 Å². The fourth-order valence-corrected chi connectivity index (χ4v) is 4.37. The van der Waals surface area contributed by atoms with Gasteiger partial charge in [0, 0.05) is 0 Å². The van der Waals surface area contributed by atoms with Gasteiger partial charge in [-0.15, -0.1) is 0 Å².